The minimum absolute atomic E-state index is 0.119. The summed E-state index contributed by atoms with van der Waals surface area (Å²) < 4.78 is 4.93. The van der Waals surface area contributed by atoms with Crippen LogP contribution in [0.5, 0.6) is 0 Å². The van der Waals surface area contributed by atoms with Crippen molar-refractivity contribution in [1.29, 1.82) is 0 Å². The van der Waals surface area contributed by atoms with Gasteiger partial charge in [0, 0.05) is 12.6 Å². The number of hydrogen-bond acceptors (Lipinski definition) is 5. The van der Waals surface area contributed by atoms with Crippen molar-refractivity contribution >= 4 is 11.8 Å². The van der Waals surface area contributed by atoms with Crippen molar-refractivity contribution in [1.82, 2.24) is 10.2 Å². The molecule has 2 rings (SSSR count). The standard InChI is InChI=1S/C14H20N2O4/c17-8-6-11-4-1-2-7-16(11)10-13(18)15-14(19)12-5-3-9-20-12/h3,5,9,11,17H,1-2,4,6-8,10H2,(H,15,18,19). The fourth-order valence-corrected chi connectivity index (χ4v) is 2.56. The summed E-state index contributed by atoms with van der Waals surface area (Å²) in [7, 11) is 0. The second kappa shape index (κ2) is 7.21. The molecule has 1 aromatic rings. The topological polar surface area (TPSA) is 82.8 Å². The number of aliphatic hydroxyl groups is 1. The highest BCUT2D eigenvalue weighted by atomic mass is 16.3. The minimum Gasteiger partial charge on any atom is -0.459 e. The number of furan rings is 1. The number of piperidine rings is 1. The monoisotopic (exact) mass is 280 g/mol. The molecule has 0 radical (unpaired) electrons. The van der Waals surface area contributed by atoms with E-state index in [1.165, 1.54) is 12.3 Å². The SMILES string of the molecule is O=C(CN1CCCCC1CCO)NC(=O)c1ccco1. The largest absolute Gasteiger partial charge is 0.459 e. The molecule has 1 aromatic heterocycles. The van der Waals surface area contributed by atoms with Crippen LogP contribution >= 0.6 is 0 Å². The predicted molar refractivity (Wildman–Crippen MR) is 72.1 cm³/mol. The molecule has 0 saturated carbocycles. The van der Waals surface area contributed by atoms with Crippen molar-refractivity contribution in [3.63, 3.8) is 0 Å². The van der Waals surface area contributed by atoms with Crippen molar-refractivity contribution in [3.05, 3.63) is 24.2 Å². The number of nitrogens with one attached hydrogen (secondary N) is 1. The number of rotatable bonds is 5. The number of hydrogen-bond donors (Lipinski definition) is 2. The summed E-state index contributed by atoms with van der Waals surface area (Å²) in [6.07, 6.45) is 5.20. The van der Waals surface area contributed by atoms with Gasteiger partial charge in [-0.2, -0.15) is 0 Å². The maximum Gasteiger partial charge on any atom is 0.293 e. The van der Waals surface area contributed by atoms with E-state index in [9.17, 15) is 9.59 Å². The van der Waals surface area contributed by atoms with Gasteiger partial charge in [-0.3, -0.25) is 19.8 Å². The van der Waals surface area contributed by atoms with Crippen LogP contribution in [-0.2, 0) is 4.79 Å². The maximum atomic E-state index is 11.9. The number of aliphatic hydroxyl groups excluding tert-OH is 1. The van der Waals surface area contributed by atoms with Gasteiger partial charge >= 0.3 is 0 Å². The molecule has 1 aliphatic rings. The van der Waals surface area contributed by atoms with Gasteiger partial charge in [-0.05, 0) is 37.9 Å². The summed E-state index contributed by atoms with van der Waals surface area (Å²) in [6, 6.07) is 3.33. The van der Waals surface area contributed by atoms with Gasteiger partial charge in [0.1, 0.15) is 0 Å². The molecule has 2 N–H and O–H groups in total. The van der Waals surface area contributed by atoms with E-state index in [0.717, 1.165) is 25.8 Å². The van der Waals surface area contributed by atoms with Crippen LogP contribution in [0.25, 0.3) is 0 Å². The molecule has 1 unspecified atom stereocenters. The zero-order valence-corrected chi connectivity index (χ0v) is 11.4. The first-order chi connectivity index (χ1) is 9.70. The highest BCUT2D eigenvalue weighted by Crippen LogP contribution is 2.18. The lowest BCUT2D eigenvalue weighted by atomic mass is 10.00. The molecular formula is C14H20N2O4. The van der Waals surface area contributed by atoms with Crippen LogP contribution in [0.4, 0.5) is 0 Å². The average molecular weight is 280 g/mol. The summed E-state index contributed by atoms with van der Waals surface area (Å²) in [5, 5.41) is 11.4. The summed E-state index contributed by atoms with van der Waals surface area (Å²) in [6.45, 7) is 1.12. The fraction of sp³-hybridized carbons (Fsp3) is 0.571. The molecule has 1 saturated heterocycles. The molecule has 110 valence electrons. The Bertz CT molecular complexity index is 442. The fourth-order valence-electron chi connectivity index (χ4n) is 2.56. The van der Waals surface area contributed by atoms with E-state index >= 15 is 0 Å². The Balaban J connectivity index is 1.85. The zero-order valence-electron chi connectivity index (χ0n) is 11.4. The van der Waals surface area contributed by atoms with Gasteiger partial charge in [-0.25, -0.2) is 0 Å². The summed E-state index contributed by atoms with van der Waals surface area (Å²) in [5.41, 5.74) is 0. The maximum absolute atomic E-state index is 11.9. The summed E-state index contributed by atoms with van der Waals surface area (Å²) in [5.74, 6) is -0.726. The van der Waals surface area contributed by atoms with Crippen molar-refractivity contribution < 1.29 is 19.1 Å². The van der Waals surface area contributed by atoms with E-state index < -0.39 is 5.91 Å². The summed E-state index contributed by atoms with van der Waals surface area (Å²) >= 11 is 0. The lowest BCUT2D eigenvalue weighted by molar-refractivity contribution is -0.122. The quantitative estimate of drug-likeness (QED) is 0.832. The Morgan fingerprint density at radius 3 is 3.00 bits per heavy atom. The van der Waals surface area contributed by atoms with Crippen LogP contribution in [0, 0.1) is 0 Å². The van der Waals surface area contributed by atoms with Crippen LogP contribution < -0.4 is 5.32 Å². The van der Waals surface area contributed by atoms with Gasteiger partial charge < -0.3 is 9.52 Å². The van der Waals surface area contributed by atoms with Crippen LogP contribution in [0.3, 0.4) is 0 Å². The third-order valence-corrected chi connectivity index (χ3v) is 3.56. The van der Waals surface area contributed by atoms with Gasteiger partial charge in [-0.1, -0.05) is 6.42 Å². The van der Waals surface area contributed by atoms with Crippen molar-refractivity contribution in [2.24, 2.45) is 0 Å². The number of carbonyl (C=O) groups is 2. The second-order valence-corrected chi connectivity index (χ2v) is 4.99. The molecule has 2 heterocycles. The molecule has 0 bridgehead atoms. The van der Waals surface area contributed by atoms with Crippen molar-refractivity contribution in [2.45, 2.75) is 31.7 Å². The molecule has 1 fully saturated rings. The molecule has 0 spiro atoms. The molecule has 0 aromatic carbocycles. The van der Waals surface area contributed by atoms with Crippen LogP contribution in [-0.4, -0.2) is 47.6 Å². The first-order valence-electron chi connectivity index (χ1n) is 6.93. The van der Waals surface area contributed by atoms with E-state index in [2.05, 4.69) is 5.32 Å². The normalized spacial score (nSPS) is 19.8. The van der Waals surface area contributed by atoms with Gasteiger partial charge in [0.15, 0.2) is 5.76 Å². The van der Waals surface area contributed by atoms with Crippen molar-refractivity contribution in [2.75, 3.05) is 19.7 Å². The Labute approximate surface area is 117 Å². The molecular weight excluding hydrogens is 260 g/mol. The number of imide groups is 1. The van der Waals surface area contributed by atoms with E-state index in [4.69, 9.17) is 9.52 Å². The highest BCUT2D eigenvalue weighted by molar-refractivity contribution is 6.03. The zero-order chi connectivity index (χ0) is 14.4. The van der Waals surface area contributed by atoms with Gasteiger partial charge in [0.2, 0.25) is 5.91 Å². The smallest absolute Gasteiger partial charge is 0.293 e. The number of carbonyl (C=O) groups excluding carboxylic acids is 2. The molecule has 2 amide bonds. The Kier molecular flexibility index (Phi) is 5.31. The highest BCUT2D eigenvalue weighted by Gasteiger charge is 2.24. The lowest BCUT2D eigenvalue weighted by Gasteiger charge is -2.34. The lowest BCUT2D eigenvalue weighted by Crippen LogP contribution is -2.47. The Hall–Kier alpha value is -1.66. The predicted octanol–water partition coefficient (Wildman–Crippen LogP) is 0.773. The Morgan fingerprint density at radius 1 is 1.45 bits per heavy atom. The average Bonchev–Trinajstić information content (AvgIpc) is 2.95. The molecule has 6 heteroatoms. The molecule has 0 aliphatic carbocycles. The van der Waals surface area contributed by atoms with Gasteiger partial charge in [0.25, 0.3) is 5.91 Å². The van der Waals surface area contributed by atoms with Crippen LogP contribution in [0.2, 0.25) is 0 Å². The third-order valence-electron chi connectivity index (χ3n) is 3.56. The first-order valence-corrected chi connectivity index (χ1v) is 6.93. The van der Waals surface area contributed by atoms with E-state index in [-0.39, 0.29) is 30.9 Å². The second-order valence-electron chi connectivity index (χ2n) is 4.99. The number of likely N-dealkylation sites (tertiary alicyclic amines) is 1. The third kappa shape index (κ3) is 3.91. The first kappa shape index (κ1) is 14.7. The van der Waals surface area contributed by atoms with E-state index in [1.54, 1.807) is 6.07 Å². The molecule has 6 nitrogen and oxygen atoms in total. The number of nitrogens with zero attached hydrogens (tertiary/aromatic N) is 1. The molecule has 1 aliphatic heterocycles. The van der Waals surface area contributed by atoms with Gasteiger partial charge in [-0.15, -0.1) is 0 Å². The Morgan fingerprint density at radius 2 is 2.30 bits per heavy atom. The van der Waals surface area contributed by atoms with E-state index in [1.807, 2.05) is 4.90 Å². The van der Waals surface area contributed by atoms with Crippen LogP contribution in [0.15, 0.2) is 22.8 Å². The van der Waals surface area contributed by atoms with Gasteiger partial charge in [0.05, 0.1) is 12.8 Å². The number of amides is 2. The molecule has 1 atom stereocenters. The van der Waals surface area contributed by atoms with E-state index in [0.29, 0.717) is 6.42 Å². The molecule has 20 heavy (non-hydrogen) atoms. The van der Waals surface area contributed by atoms with Crippen LogP contribution in [0.1, 0.15) is 36.2 Å². The summed E-state index contributed by atoms with van der Waals surface area (Å²) in [4.78, 5) is 25.6. The van der Waals surface area contributed by atoms with Crippen molar-refractivity contribution in [3.8, 4) is 0 Å². The minimum atomic E-state index is -0.518.